The van der Waals surface area contributed by atoms with Gasteiger partial charge >= 0.3 is 6.03 Å². The molecule has 0 fully saturated rings. The summed E-state index contributed by atoms with van der Waals surface area (Å²) in [4.78, 5) is 18.2. The first-order valence-electron chi connectivity index (χ1n) is 12.7. The minimum Gasteiger partial charge on any atom is -0.391 e. The summed E-state index contributed by atoms with van der Waals surface area (Å²) in [5, 5.41) is 24.6. The number of carbonyl (C=O) groups is 1. The van der Waals surface area contributed by atoms with Crippen LogP contribution in [-0.4, -0.2) is 32.4 Å². The van der Waals surface area contributed by atoms with Crippen LogP contribution in [0.4, 0.5) is 19.3 Å². The van der Waals surface area contributed by atoms with E-state index in [4.69, 9.17) is 4.98 Å². The molecule has 2 aromatic heterocycles. The second-order valence-corrected chi connectivity index (χ2v) is 10.6. The number of anilines is 1. The molecule has 0 saturated heterocycles. The van der Waals surface area contributed by atoms with E-state index in [1.807, 2.05) is 70.2 Å². The molecule has 0 spiro atoms. The van der Waals surface area contributed by atoms with Crippen molar-refractivity contribution < 1.29 is 18.7 Å². The highest BCUT2D eigenvalue weighted by Crippen LogP contribution is 2.42. The molecular weight excluding hydrogens is 500 g/mol. The molecule has 0 aliphatic heterocycles. The Bertz CT molecular complexity index is 1560. The number of halogens is 2. The molecule has 2 heterocycles. The molecule has 7 nitrogen and oxygen atoms in total. The molecule has 2 atom stereocenters. The number of rotatable bonds is 4. The predicted molar refractivity (Wildman–Crippen MR) is 145 cm³/mol. The van der Waals surface area contributed by atoms with Gasteiger partial charge in [0.05, 0.1) is 41.1 Å². The number of fused-ring (bicyclic) bond motifs is 1. The van der Waals surface area contributed by atoms with Crippen molar-refractivity contribution in [1.82, 2.24) is 20.5 Å². The van der Waals surface area contributed by atoms with Crippen molar-refractivity contribution in [1.29, 1.82) is 0 Å². The number of hydrogen-bond donors (Lipinski definition) is 3. The van der Waals surface area contributed by atoms with Crippen molar-refractivity contribution in [2.75, 3.05) is 5.32 Å². The summed E-state index contributed by atoms with van der Waals surface area (Å²) in [6.45, 7) is 7.44. The number of nitrogens with zero attached hydrogens (tertiary/aromatic N) is 3. The number of aromatic nitrogens is 3. The molecule has 5 rings (SSSR count). The van der Waals surface area contributed by atoms with Crippen LogP contribution >= 0.6 is 0 Å². The van der Waals surface area contributed by atoms with Crippen LogP contribution in [0.1, 0.15) is 48.7 Å². The maximum Gasteiger partial charge on any atom is 0.319 e. The molecule has 39 heavy (non-hydrogen) atoms. The van der Waals surface area contributed by atoms with Crippen LogP contribution in [-0.2, 0) is 5.41 Å². The molecule has 0 radical (unpaired) electrons. The van der Waals surface area contributed by atoms with Gasteiger partial charge in [-0.05, 0) is 66.6 Å². The average Bonchev–Trinajstić information content (AvgIpc) is 2.88. The summed E-state index contributed by atoms with van der Waals surface area (Å²) in [6, 6.07) is 13.8. The highest BCUT2D eigenvalue weighted by atomic mass is 19.2. The highest BCUT2D eigenvalue weighted by molar-refractivity contribution is 5.94. The number of aliphatic hydroxyl groups excluding tert-OH is 1. The lowest BCUT2D eigenvalue weighted by molar-refractivity contribution is 0.0878. The Morgan fingerprint density at radius 2 is 1.72 bits per heavy atom. The standard InChI is InChI=1S/C30H29F2N5O2/c1-16-10-24(27(18-8-6-5-7-9-18)35-26(16)19-11-17(2)37-33-15-19)34-29(39)36-28-20-12-22(31)23(32)13-21(20)30(3,4)14-25(28)38/h5-13,15,25,28,38H,14H2,1-4H3,(H2,34,36,39)/t25-,28?/m1/s1. The smallest absolute Gasteiger partial charge is 0.319 e. The van der Waals surface area contributed by atoms with Gasteiger partial charge in [-0.3, -0.25) is 0 Å². The van der Waals surface area contributed by atoms with Gasteiger partial charge in [0.2, 0.25) is 0 Å². The van der Waals surface area contributed by atoms with Crippen LogP contribution in [0, 0.1) is 25.5 Å². The Kier molecular flexibility index (Phi) is 6.86. The fraction of sp³-hybridized carbons (Fsp3) is 0.267. The third-order valence-corrected chi connectivity index (χ3v) is 7.11. The van der Waals surface area contributed by atoms with Gasteiger partial charge in [0, 0.05) is 11.1 Å². The number of carbonyl (C=O) groups excluding carboxylic acids is 1. The van der Waals surface area contributed by atoms with E-state index in [2.05, 4.69) is 20.8 Å². The van der Waals surface area contributed by atoms with E-state index in [0.29, 0.717) is 28.2 Å². The predicted octanol–water partition coefficient (Wildman–Crippen LogP) is 6.01. The van der Waals surface area contributed by atoms with Crippen molar-refractivity contribution in [2.24, 2.45) is 0 Å². The van der Waals surface area contributed by atoms with Crippen LogP contribution in [0.15, 0.2) is 60.8 Å². The summed E-state index contributed by atoms with van der Waals surface area (Å²) in [7, 11) is 0. The molecule has 1 aliphatic carbocycles. The van der Waals surface area contributed by atoms with E-state index >= 15 is 0 Å². The van der Waals surface area contributed by atoms with Gasteiger partial charge in [0.15, 0.2) is 11.6 Å². The summed E-state index contributed by atoms with van der Waals surface area (Å²) in [5.41, 5.74) is 5.13. The maximum atomic E-state index is 14.2. The molecule has 9 heteroatoms. The zero-order valence-electron chi connectivity index (χ0n) is 22.1. The van der Waals surface area contributed by atoms with Crippen LogP contribution < -0.4 is 10.6 Å². The van der Waals surface area contributed by atoms with E-state index in [1.165, 1.54) is 0 Å². The van der Waals surface area contributed by atoms with E-state index in [-0.39, 0.29) is 6.42 Å². The summed E-state index contributed by atoms with van der Waals surface area (Å²) < 4.78 is 28.3. The summed E-state index contributed by atoms with van der Waals surface area (Å²) >= 11 is 0. The Morgan fingerprint density at radius 1 is 1.00 bits per heavy atom. The third kappa shape index (κ3) is 5.22. The van der Waals surface area contributed by atoms with Gasteiger partial charge in [-0.1, -0.05) is 44.2 Å². The van der Waals surface area contributed by atoms with Crippen LogP contribution in [0.2, 0.25) is 0 Å². The van der Waals surface area contributed by atoms with Crippen molar-refractivity contribution in [2.45, 2.75) is 51.7 Å². The van der Waals surface area contributed by atoms with Crippen molar-refractivity contribution >= 4 is 11.7 Å². The molecule has 4 aromatic rings. The summed E-state index contributed by atoms with van der Waals surface area (Å²) in [6.07, 6.45) is 0.906. The Morgan fingerprint density at radius 3 is 2.44 bits per heavy atom. The van der Waals surface area contributed by atoms with E-state index in [9.17, 15) is 18.7 Å². The second-order valence-electron chi connectivity index (χ2n) is 10.6. The van der Waals surface area contributed by atoms with E-state index in [1.54, 1.807) is 6.20 Å². The Hall–Kier alpha value is -4.24. The average molecular weight is 530 g/mol. The molecule has 200 valence electrons. The second kappa shape index (κ2) is 10.1. The molecule has 3 N–H and O–H groups in total. The molecular formula is C30H29F2N5O2. The minimum atomic E-state index is -1.03. The minimum absolute atomic E-state index is 0.264. The number of amides is 2. The quantitative estimate of drug-likeness (QED) is 0.301. The monoisotopic (exact) mass is 529 g/mol. The van der Waals surface area contributed by atoms with Gasteiger partial charge in [-0.15, -0.1) is 0 Å². The molecule has 2 amide bonds. The first-order valence-corrected chi connectivity index (χ1v) is 12.7. The number of pyridine rings is 1. The number of urea groups is 1. The fourth-order valence-electron chi connectivity index (χ4n) is 5.26. The fourth-order valence-corrected chi connectivity index (χ4v) is 5.26. The topological polar surface area (TPSA) is 100 Å². The third-order valence-electron chi connectivity index (χ3n) is 7.11. The van der Waals surface area contributed by atoms with Gasteiger partial charge in [0.1, 0.15) is 0 Å². The molecule has 0 saturated carbocycles. The number of nitrogens with one attached hydrogen (secondary N) is 2. The zero-order chi connectivity index (χ0) is 27.9. The van der Waals surface area contributed by atoms with Crippen molar-refractivity contribution in [3.63, 3.8) is 0 Å². The largest absolute Gasteiger partial charge is 0.391 e. The lowest BCUT2D eigenvalue weighted by Gasteiger charge is -2.40. The van der Waals surface area contributed by atoms with E-state index < -0.39 is 35.2 Å². The number of benzene rings is 2. The normalized spacial score (nSPS) is 17.8. The van der Waals surface area contributed by atoms with Gasteiger partial charge in [0.25, 0.3) is 0 Å². The molecule has 0 bridgehead atoms. The first-order chi connectivity index (χ1) is 18.5. The van der Waals surface area contributed by atoms with Gasteiger partial charge in [-0.2, -0.15) is 10.2 Å². The van der Waals surface area contributed by atoms with Crippen molar-refractivity contribution in [3.8, 4) is 22.5 Å². The van der Waals surface area contributed by atoms with Crippen LogP contribution in [0.3, 0.4) is 0 Å². The Labute approximate surface area is 225 Å². The number of aryl methyl sites for hydroxylation is 2. The van der Waals surface area contributed by atoms with Crippen LogP contribution in [0.5, 0.6) is 0 Å². The highest BCUT2D eigenvalue weighted by Gasteiger charge is 2.40. The van der Waals surface area contributed by atoms with Gasteiger partial charge < -0.3 is 15.7 Å². The summed E-state index contributed by atoms with van der Waals surface area (Å²) in [5.74, 6) is -2.00. The number of aliphatic hydroxyl groups is 1. The molecule has 2 aromatic carbocycles. The van der Waals surface area contributed by atoms with Crippen molar-refractivity contribution in [3.05, 3.63) is 94.8 Å². The first kappa shape index (κ1) is 26.4. The molecule has 1 unspecified atom stereocenters. The zero-order valence-corrected chi connectivity index (χ0v) is 22.1. The van der Waals surface area contributed by atoms with Gasteiger partial charge in [-0.25, -0.2) is 18.6 Å². The lowest BCUT2D eigenvalue weighted by Crippen LogP contribution is -2.45. The maximum absolute atomic E-state index is 14.2. The lowest BCUT2D eigenvalue weighted by atomic mass is 9.69. The molecule has 1 aliphatic rings. The SMILES string of the molecule is Cc1cc(-c2nc(-c3ccccc3)c(NC(=O)NC3c4cc(F)c(F)cc4C(C)(C)C[C@H]3O)cc2C)cnn1. The Balaban J connectivity index is 1.50. The van der Waals surface area contributed by atoms with Crippen LogP contribution in [0.25, 0.3) is 22.5 Å². The number of hydrogen-bond acceptors (Lipinski definition) is 5. The van der Waals surface area contributed by atoms with E-state index in [0.717, 1.165) is 34.5 Å².